The van der Waals surface area contributed by atoms with Crippen LogP contribution in [0.1, 0.15) is 37.4 Å². The smallest absolute Gasteiger partial charge is 0.350 e. The van der Waals surface area contributed by atoms with E-state index < -0.39 is 5.79 Å². The van der Waals surface area contributed by atoms with E-state index in [1.807, 2.05) is 50.2 Å². The molecule has 3 unspecified atom stereocenters. The minimum Gasteiger partial charge on any atom is -0.491 e. The zero-order chi connectivity index (χ0) is 34.7. The molecule has 0 bridgehead atoms. The first-order valence-electron chi connectivity index (χ1n) is 16.8. The molecule has 3 aromatic carbocycles. The number of halogens is 2. The average molecular weight is 717 g/mol. The van der Waals surface area contributed by atoms with Crippen molar-refractivity contribution in [3.63, 3.8) is 0 Å². The zero-order valence-corrected chi connectivity index (χ0v) is 29.5. The molecule has 3 atom stereocenters. The Morgan fingerprint density at radius 1 is 0.920 bits per heavy atom. The van der Waals surface area contributed by atoms with Crippen LogP contribution in [-0.2, 0) is 21.7 Å². The predicted molar refractivity (Wildman–Crippen MR) is 194 cm³/mol. The fourth-order valence-electron chi connectivity index (χ4n) is 6.42. The van der Waals surface area contributed by atoms with Crippen molar-refractivity contribution in [3.05, 3.63) is 123 Å². The highest BCUT2D eigenvalue weighted by atomic mass is 35.5. The highest BCUT2D eigenvalue weighted by Crippen LogP contribution is 2.41. The van der Waals surface area contributed by atoms with Crippen LogP contribution in [-0.4, -0.2) is 70.0 Å². The molecule has 2 fully saturated rings. The summed E-state index contributed by atoms with van der Waals surface area (Å²) in [5.74, 6) is -0.353. The van der Waals surface area contributed by atoms with Gasteiger partial charge in [0, 0.05) is 60.8 Å². The topological polar surface area (TPSA) is 99.8 Å². The molecule has 0 N–H and O–H groups in total. The van der Waals surface area contributed by atoms with Crippen molar-refractivity contribution < 1.29 is 14.2 Å². The van der Waals surface area contributed by atoms with Crippen LogP contribution < -0.4 is 20.2 Å². The molecular formula is C37H39Cl2N7O4. The molecule has 11 nitrogen and oxygen atoms in total. The number of hydrogen-bond donors (Lipinski definition) is 0. The van der Waals surface area contributed by atoms with Crippen LogP contribution in [0.2, 0.25) is 10.0 Å². The van der Waals surface area contributed by atoms with Gasteiger partial charge in [-0.15, -0.1) is 0 Å². The number of benzene rings is 3. The van der Waals surface area contributed by atoms with Gasteiger partial charge in [0.25, 0.3) is 0 Å². The number of ether oxygens (including phenoxy) is 3. The minimum absolute atomic E-state index is 0.0644. The van der Waals surface area contributed by atoms with E-state index >= 15 is 0 Å². The van der Waals surface area contributed by atoms with Crippen molar-refractivity contribution in [3.8, 4) is 11.4 Å². The van der Waals surface area contributed by atoms with E-state index in [2.05, 4.69) is 49.4 Å². The lowest BCUT2D eigenvalue weighted by Gasteiger charge is -2.37. The van der Waals surface area contributed by atoms with Crippen LogP contribution >= 0.6 is 23.2 Å². The molecule has 2 aliphatic rings. The highest BCUT2D eigenvalue weighted by molar-refractivity contribution is 6.35. The number of nitrogens with zero attached hydrogens (tertiary/aromatic N) is 7. The fourth-order valence-corrected chi connectivity index (χ4v) is 6.98. The molecule has 0 radical (unpaired) electrons. The summed E-state index contributed by atoms with van der Waals surface area (Å²) in [6, 6.07) is 23.6. The molecule has 4 heterocycles. The quantitative estimate of drug-likeness (QED) is 0.156. The van der Waals surface area contributed by atoms with Gasteiger partial charge in [0.1, 0.15) is 24.8 Å². The van der Waals surface area contributed by atoms with Gasteiger partial charge in [-0.25, -0.2) is 14.0 Å². The second-order valence-corrected chi connectivity index (χ2v) is 13.5. The lowest BCUT2D eigenvalue weighted by atomic mass is 9.98. The maximum Gasteiger partial charge on any atom is 0.350 e. The zero-order valence-electron chi connectivity index (χ0n) is 28.0. The largest absolute Gasteiger partial charge is 0.491 e. The Labute approximate surface area is 300 Å². The molecule has 13 heteroatoms. The lowest BCUT2D eigenvalue weighted by Crippen LogP contribution is -2.46. The molecule has 7 rings (SSSR count). The summed E-state index contributed by atoms with van der Waals surface area (Å²) in [5, 5.41) is 13.2. The SMILES string of the molecule is CCC(C)n1ncn(-c2ccc(N3CCN(c4ccc(OCC5COC(Cc6ccnnc6)(c6ccc(Cl)cc6Cl)O5)cc4)CC3)cc2)c1=O. The Morgan fingerprint density at radius 2 is 1.60 bits per heavy atom. The number of anilines is 2. The van der Waals surface area contributed by atoms with E-state index in [1.54, 1.807) is 40.1 Å². The van der Waals surface area contributed by atoms with Gasteiger partial charge < -0.3 is 24.0 Å². The first kappa shape index (κ1) is 34.0. The summed E-state index contributed by atoms with van der Waals surface area (Å²) in [4.78, 5) is 17.6. The molecule has 2 aliphatic heterocycles. The molecule has 2 saturated heterocycles. The molecule has 0 saturated carbocycles. The summed E-state index contributed by atoms with van der Waals surface area (Å²) in [5.41, 5.74) is 4.58. The Hall–Kier alpha value is -4.42. The van der Waals surface area contributed by atoms with E-state index in [-0.39, 0.29) is 17.8 Å². The third-order valence-corrected chi connectivity index (χ3v) is 9.94. The number of rotatable bonds is 11. The normalized spacial score (nSPS) is 19.9. The molecule has 260 valence electrons. The average Bonchev–Trinajstić information content (AvgIpc) is 3.74. The van der Waals surface area contributed by atoms with Crippen LogP contribution in [0.5, 0.6) is 5.75 Å². The summed E-state index contributed by atoms with van der Waals surface area (Å²) in [7, 11) is 0. The molecule has 0 amide bonds. The van der Waals surface area contributed by atoms with E-state index in [9.17, 15) is 4.79 Å². The monoisotopic (exact) mass is 715 g/mol. The summed E-state index contributed by atoms with van der Waals surface area (Å²) >= 11 is 12.8. The highest BCUT2D eigenvalue weighted by Gasteiger charge is 2.45. The number of piperazine rings is 1. The maximum atomic E-state index is 12.8. The fraction of sp³-hybridized carbons (Fsp3) is 0.351. The van der Waals surface area contributed by atoms with Crippen molar-refractivity contribution in [1.29, 1.82) is 0 Å². The molecular weight excluding hydrogens is 677 g/mol. The van der Waals surface area contributed by atoms with Crippen molar-refractivity contribution >= 4 is 34.6 Å². The number of aromatic nitrogens is 5. The molecule has 2 aromatic heterocycles. The minimum atomic E-state index is -1.11. The van der Waals surface area contributed by atoms with Gasteiger partial charge in [-0.3, -0.25) is 0 Å². The number of hydrogen-bond acceptors (Lipinski definition) is 9. The lowest BCUT2D eigenvalue weighted by molar-refractivity contribution is -0.178. The van der Waals surface area contributed by atoms with Crippen molar-refractivity contribution in [2.45, 2.75) is 44.6 Å². The van der Waals surface area contributed by atoms with Gasteiger partial charge >= 0.3 is 5.69 Å². The first-order chi connectivity index (χ1) is 24.3. The Morgan fingerprint density at radius 3 is 2.24 bits per heavy atom. The standard InChI is InChI=1S/C37H39Cl2N7O4/c1-3-26(2)46-36(47)45(25-42-46)31-7-5-29(6-8-31)43-16-18-44(19-17-43)30-9-11-32(12-10-30)48-23-33-24-49-37(50-33,21-27-14-15-40-41-22-27)34-13-4-28(38)20-35(34)39/h4-15,20,22,25-26,33H,3,16-19,21,23-24H2,1-2H3. The van der Waals surface area contributed by atoms with Crippen molar-refractivity contribution in [1.82, 2.24) is 24.5 Å². The van der Waals surface area contributed by atoms with Crippen LogP contribution in [0.15, 0.2) is 96.3 Å². The Kier molecular flexibility index (Phi) is 10.1. The third kappa shape index (κ3) is 7.22. The van der Waals surface area contributed by atoms with Crippen molar-refractivity contribution in [2.75, 3.05) is 49.2 Å². The third-order valence-electron chi connectivity index (χ3n) is 9.40. The Balaban J connectivity index is 0.930. The maximum absolute atomic E-state index is 12.8. The van der Waals surface area contributed by atoms with Gasteiger partial charge in [0.2, 0.25) is 5.79 Å². The van der Waals surface area contributed by atoms with E-state index in [1.165, 1.54) is 0 Å². The van der Waals surface area contributed by atoms with Crippen LogP contribution in [0.25, 0.3) is 5.69 Å². The Bertz CT molecular complexity index is 1950. The van der Waals surface area contributed by atoms with Gasteiger partial charge in [0.15, 0.2) is 0 Å². The first-order valence-corrected chi connectivity index (χ1v) is 17.6. The van der Waals surface area contributed by atoms with Gasteiger partial charge in [0.05, 0.1) is 29.6 Å². The second-order valence-electron chi connectivity index (χ2n) is 12.6. The van der Waals surface area contributed by atoms with Gasteiger partial charge in [-0.05, 0) is 85.6 Å². The van der Waals surface area contributed by atoms with Crippen molar-refractivity contribution in [2.24, 2.45) is 0 Å². The van der Waals surface area contributed by atoms with Crippen LogP contribution in [0.4, 0.5) is 11.4 Å². The van der Waals surface area contributed by atoms with Crippen LogP contribution in [0, 0.1) is 0 Å². The van der Waals surface area contributed by atoms with Gasteiger partial charge in [-0.1, -0.05) is 36.2 Å². The molecule has 0 aliphatic carbocycles. The van der Waals surface area contributed by atoms with E-state index in [4.69, 9.17) is 37.4 Å². The second kappa shape index (κ2) is 14.8. The predicted octanol–water partition coefficient (Wildman–Crippen LogP) is 6.32. The molecule has 50 heavy (non-hydrogen) atoms. The van der Waals surface area contributed by atoms with E-state index in [0.717, 1.165) is 61.0 Å². The van der Waals surface area contributed by atoms with E-state index in [0.29, 0.717) is 35.2 Å². The van der Waals surface area contributed by atoms with Gasteiger partial charge in [-0.2, -0.15) is 15.3 Å². The van der Waals surface area contributed by atoms with Crippen LogP contribution in [0.3, 0.4) is 0 Å². The molecule has 5 aromatic rings. The molecule has 0 spiro atoms. The summed E-state index contributed by atoms with van der Waals surface area (Å²) in [6.07, 6.45) is 5.87. The summed E-state index contributed by atoms with van der Waals surface area (Å²) < 4.78 is 22.2. The summed E-state index contributed by atoms with van der Waals surface area (Å²) in [6.45, 7) is 8.25.